The predicted molar refractivity (Wildman–Crippen MR) is 136 cm³/mol. The molecule has 1 aliphatic rings. The summed E-state index contributed by atoms with van der Waals surface area (Å²) in [6.45, 7) is 1.63. The van der Waals surface area contributed by atoms with Crippen molar-refractivity contribution in [3.8, 4) is 11.1 Å². The number of hydrogen-bond donors (Lipinski definition) is 2. The first kappa shape index (κ1) is 24.0. The Morgan fingerprint density at radius 3 is 2.61 bits per heavy atom. The molecule has 0 bridgehead atoms. The molecule has 0 spiro atoms. The molecule has 1 aliphatic heterocycles. The van der Waals surface area contributed by atoms with E-state index >= 15 is 0 Å². The highest BCUT2D eigenvalue weighted by atomic mass is 35.5. The van der Waals surface area contributed by atoms with Gasteiger partial charge in [0.15, 0.2) is 5.16 Å². The van der Waals surface area contributed by atoms with E-state index in [1.807, 2.05) is 48.5 Å². The summed E-state index contributed by atoms with van der Waals surface area (Å²) in [5.74, 6) is 0.874. The van der Waals surface area contributed by atoms with Crippen LogP contribution >= 0.6 is 35.0 Å². The van der Waals surface area contributed by atoms with Gasteiger partial charge in [-0.05, 0) is 55.0 Å². The molecular weight excluding hydrogens is 475 g/mol. The molecule has 0 radical (unpaired) electrons. The molecule has 5 nitrogen and oxygen atoms in total. The quantitative estimate of drug-likeness (QED) is 0.309. The maximum Gasteiger partial charge on any atom is 0.230 e. The smallest absolute Gasteiger partial charge is 0.230 e. The largest absolute Gasteiger partial charge is 0.355 e. The summed E-state index contributed by atoms with van der Waals surface area (Å²) in [7, 11) is 0. The molecule has 172 valence electrons. The highest BCUT2D eigenvalue weighted by Crippen LogP contribution is 2.26. The Morgan fingerprint density at radius 2 is 1.85 bits per heavy atom. The Labute approximate surface area is 208 Å². The number of aromatic nitrogens is 2. The van der Waals surface area contributed by atoms with E-state index in [0.29, 0.717) is 39.5 Å². The number of carbonyl (C=O) groups excluding carboxylic acids is 1. The number of hydrogen-bond acceptors (Lipinski definition) is 5. The summed E-state index contributed by atoms with van der Waals surface area (Å²) in [5.41, 5.74) is 3.25. The van der Waals surface area contributed by atoms with Gasteiger partial charge < -0.3 is 10.6 Å². The number of benzene rings is 2. The number of carbonyl (C=O) groups is 1. The Bertz CT molecular complexity index is 1070. The van der Waals surface area contributed by atoms with Crippen LogP contribution in [0, 0.1) is 5.92 Å². The Kier molecular flexibility index (Phi) is 8.62. The van der Waals surface area contributed by atoms with Gasteiger partial charge in [-0.3, -0.25) is 4.79 Å². The van der Waals surface area contributed by atoms with Crippen molar-refractivity contribution in [1.29, 1.82) is 0 Å². The van der Waals surface area contributed by atoms with Gasteiger partial charge in [0.05, 0.1) is 15.8 Å². The number of thioether (sulfide) groups is 1. The molecule has 8 heteroatoms. The second-order valence-electron chi connectivity index (χ2n) is 8.21. The van der Waals surface area contributed by atoms with Gasteiger partial charge in [0.25, 0.3) is 0 Å². The van der Waals surface area contributed by atoms with Gasteiger partial charge in [-0.1, -0.05) is 71.4 Å². The molecule has 2 atom stereocenters. The van der Waals surface area contributed by atoms with Gasteiger partial charge in [0, 0.05) is 30.5 Å². The molecule has 2 N–H and O–H groups in total. The van der Waals surface area contributed by atoms with Crippen molar-refractivity contribution in [2.75, 3.05) is 18.8 Å². The van der Waals surface area contributed by atoms with Gasteiger partial charge in [-0.25, -0.2) is 9.97 Å². The van der Waals surface area contributed by atoms with Crippen LogP contribution in [-0.2, 0) is 11.2 Å². The molecule has 0 saturated carbocycles. The molecule has 1 fully saturated rings. The van der Waals surface area contributed by atoms with E-state index in [1.54, 1.807) is 12.4 Å². The lowest BCUT2D eigenvalue weighted by molar-refractivity contribution is -0.118. The lowest BCUT2D eigenvalue weighted by Gasteiger charge is -2.12. The van der Waals surface area contributed by atoms with Crippen LogP contribution in [-0.4, -0.2) is 40.8 Å². The zero-order chi connectivity index (χ0) is 23.0. The van der Waals surface area contributed by atoms with Crippen LogP contribution in [0.4, 0.5) is 0 Å². The zero-order valence-corrected chi connectivity index (χ0v) is 20.5. The zero-order valence-electron chi connectivity index (χ0n) is 18.1. The number of amides is 1. The number of rotatable bonds is 9. The van der Waals surface area contributed by atoms with E-state index in [1.165, 1.54) is 17.3 Å². The Hall–Kier alpha value is -2.12. The van der Waals surface area contributed by atoms with Gasteiger partial charge >= 0.3 is 0 Å². The van der Waals surface area contributed by atoms with E-state index in [0.717, 1.165) is 36.9 Å². The van der Waals surface area contributed by atoms with Crippen LogP contribution in [0.5, 0.6) is 0 Å². The number of nitrogens with one attached hydrogen (secondary N) is 2. The van der Waals surface area contributed by atoms with Crippen LogP contribution in [0.2, 0.25) is 10.0 Å². The number of nitrogens with zero attached hydrogens (tertiary/aromatic N) is 2. The fraction of sp³-hybridized carbons (Fsp3) is 0.320. The highest BCUT2D eigenvalue weighted by molar-refractivity contribution is 7.99. The van der Waals surface area contributed by atoms with Crippen LogP contribution < -0.4 is 10.6 Å². The molecule has 2 heterocycles. The summed E-state index contributed by atoms with van der Waals surface area (Å²) >= 11 is 13.5. The van der Waals surface area contributed by atoms with Crippen molar-refractivity contribution < 1.29 is 4.79 Å². The molecular formula is C25H26Cl2N4OS. The van der Waals surface area contributed by atoms with E-state index in [9.17, 15) is 4.79 Å². The van der Waals surface area contributed by atoms with Crippen LogP contribution in [0.3, 0.4) is 0 Å². The van der Waals surface area contributed by atoms with Gasteiger partial charge in [0.1, 0.15) is 0 Å². The van der Waals surface area contributed by atoms with E-state index in [-0.39, 0.29) is 5.91 Å². The summed E-state index contributed by atoms with van der Waals surface area (Å²) in [5, 5.41) is 8.38. The van der Waals surface area contributed by atoms with Crippen molar-refractivity contribution in [3.63, 3.8) is 0 Å². The predicted octanol–water partition coefficient (Wildman–Crippen LogP) is 5.27. The van der Waals surface area contributed by atoms with Crippen molar-refractivity contribution in [3.05, 3.63) is 76.5 Å². The Balaban J connectivity index is 1.13. The standard InChI is InChI=1S/C25H26Cl2N4OS/c26-22-7-6-17(12-23(22)27)10-18-11-21(29-13-18)8-9-28-24(32)16-33-25-30-14-20(15-31-25)19-4-2-1-3-5-19/h1-7,12,14-15,18,21,29H,8-11,13,16H2,(H,28,32)/t18-,21-/m0/s1. The van der Waals surface area contributed by atoms with E-state index in [2.05, 4.69) is 20.6 Å². The maximum absolute atomic E-state index is 12.2. The van der Waals surface area contributed by atoms with E-state index < -0.39 is 0 Å². The minimum Gasteiger partial charge on any atom is -0.355 e. The van der Waals surface area contributed by atoms with Crippen molar-refractivity contribution in [1.82, 2.24) is 20.6 Å². The van der Waals surface area contributed by atoms with Crippen LogP contribution in [0.15, 0.2) is 66.1 Å². The summed E-state index contributed by atoms with van der Waals surface area (Å²) in [4.78, 5) is 21.0. The normalized spacial score (nSPS) is 17.8. The molecule has 33 heavy (non-hydrogen) atoms. The molecule has 0 unspecified atom stereocenters. The van der Waals surface area contributed by atoms with Crippen molar-refractivity contribution in [2.24, 2.45) is 5.92 Å². The van der Waals surface area contributed by atoms with Gasteiger partial charge in [0.2, 0.25) is 5.91 Å². The second-order valence-corrected chi connectivity index (χ2v) is 9.96. The summed E-state index contributed by atoms with van der Waals surface area (Å²) in [6.07, 6.45) is 6.57. The van der Waals surface area contributed by atoms with Crippen molar-refractivity contribution >= 4 is 40.9 Å². The first-order valence-electron chi connectivity index (χ1n) is 11.0. The fourth-order valence-corrected chi connectivity index (χ4v) is 4.95. The highest BCUT2D eigenvalue weighted by Gasteiger charge is 2.24. The SMILES string of the molecule is O=C(CSc1ncc(-c2ccccc2)cn1)NCC[C@H]1C[C@H](Cc2ccc(Cl)c(Cl)c2)CN1. The second kappa shape index (κ2) is 11.8. The third kappa shape index (κ3) is 7.18. The summed E-state index contributed by atoms with van der Waals surface area (Å²) in [6, 6.07) is 16.3. The van der Waals surface area contributed by atoms with Crippen molar-refractivity contribution in [2.45, 2.75) is 30.5 Å². The number of halogens is 2. The van der Waals surface area contributed by atoms with Gasteiger partial charge in [-0.15, -0.1) is 0 Å². The molecule has 1 saturated heterocycles. The molecule has 3 aromatic rings. The molecule has 4 rings (SSSR count). The molecule has 1 aromatic heterocycles. The van der Waals surface area contributed by atoms with Crippen LogP contribution in [0.25, 0.3) is 11.1 Å². The molecule has 0 aliphatic carbocycles. The fourth-order valence-electron chi connectivity index (χ4n) is 4.02. The lowest BCUT2D eigenvalue weighted by Crippen LogP contribution is -2.31. The minimum atomic E-state index is 0.00101. The van der Waals surface area contributed by atoms with Crippen LogP contribution in [0.1, 0.15) is 18.4 Å². The van der Waals surface area contributed by atoms with Gasteiger partial charge in [-0.2, -0.15) is 0 Å². The third-order valence-corrected chi connectivity index (χ3v) is 7.32. The monoisotopic (exact) mass is 500 g/mol. The third-order valence-electron chi connectivity index (χ3n) is 5.70. The molecule has 1 amide bonds. The molecule has 2 aromatic carbocycles. The topological polar surface area (TPSA) is 66.9 Å². The first-order chi connectivity index (χ1) is 16.1. The Morgan fingerprint density at radius 1 is 1.06 bits per heavy atom. The average Bonchev–Trinajstić information content (AvgIpc) is 3.28. The lowest BCUT2D eigenvalue weighted by atomic mass is 9.96. The average molecular weight is 501 g/mol. The summed E-state index contributed by atoms with van der Waals surface area (Å²) < 4.78 is 0. The van der Waals surface area contributed by atoms with E-state index in [4.69, 9.17) is 23.2 Å². The maximum atomic E-state index is 12.2. The minimum absolute atomic E-state index is 0.00101. The first-order valence-corrected chi connectivity index (χ1v) is 12.8.